The molecule has 0 bridgehead atoms. The Labute approximate surface area is 169 Å². The van der Waals surface area contributed by atoms with Crippen LogP contribution < -0.4 is 10.1 Å². The summed E-state index contributed by atoms with van der Waals surface area (Å²) in [5, 5.41) is 2.74. The van der Waals surface area contributed by atoms with Gasteiger partial charge in [-0.3, -0.25) is 9.59 Å². The first-order valence-electron chi connectivity index (χ1n) is 9.95. The number of hydrogen-bond acceptors (Lipinski definition) is 4. The van der Waals surface area contributed by atoms with Gasteiger partial charge in [0.05, 0.1) is 12.7 Å². The molecule has 3 heterocycles. The zero-order chi connectivity index (χ0) is 20.2. The molecule has 1 atom stereocenters. The summed E-state index contributed by atoms with van der Waals surface area (Å²) in [6.45, 7) is 3.58. The van der Waals surface area contributed by atoms with E-state index in [-0.39, 0.29) is 6.10 Å². The van der Waals surface area contributed by atoms with Crippen molar-refractivity contribution in [3.63, 3.8) is 0 Å². The highest BCUT2D eigenvalue weighted by atomic mass is 16.5. The quantitative estimate of drug-likeness (QED) is 0.494. The minimum Gasteiger partial charge on any atom is -0.494 e. The maximum absolute atomic E-state index is 13.1. The molecule has 0 unspecified atom stereocenters. The summed E-state index contributed by atoms with van der Waals surface area (Å²) >= 11 is 0. The number of fused-ring (bicyclic) bond motifs is 1. The highest BCUT2D eigenvalue weighted by molar-refractivity contribution is 6.43. The molecule has 0 radical (unpaired) electrons. The van der Waals surface area contributed by atoms with Gasteiger partial charge in [-0.15, -0.1) is 0 Å². The lowest BCUT2D eigenvalue weighted by Crippen LogP contribution is -2.37. The van der Waals surface area contributed by atoms with Crippen molar-refractivity contribution in [1.82, 2.24) is 9.72 Å². The fraction of sp³-hybridized carbons (Fsp3) is 0.304. The Balaban J connectivity index is 1.65. The topological polar surface area (TPSA) is 69.0 Å². The van der Waals surface area contributed by atoms with Crippen LogP contribution in [0.2, 0.25) is 0 Å². The van der Waals surface area contributed by atoms with Gasteiger partial charge in [-0.2, -0.15) is 0 Å². The molecule has 1 aromatic carbocycles. The fourth-order valence-electron chi connectivity index (χ4n) is 3.67. The summed E-state index contributed by atoms with van der Waals surface area (Å²) in [6.07, 6.45) is 3.68. The molecule has 0 aliphatic carbocycles. The van der Waals surface area contributed by atoms with Crippen molar-refractivity contribution in [2.75, 3.05) is 19.8 Å². The van der Waals surface area contributed by atoms with E-state index in [9.17, 15) is 9.59 Å². The average Bonchev–Trinajstić information content (AvgIpc) is 3.40. The third-order valence-electron chi connectivity index (χ3n) is 5.09. The summed E-state index contributed by atoms with van der Waals surface area (Å²) in [6, 6.07) is 15.1. The molecule has 2 aromatic heterocycles. The Morgan fingerprint density at radius 2 is 2.03 bits per heavy atom. The minimum absolute atomic E-state index is 0.0126. The Hall–Kier alpha value is -3.12. The first kappa shape index (κ1) is 19.2. The summed E-state index contributed by atoms with van der Waals surface area (Å²) < 4.78 is 12.8. The molecule has 4 rings (SSSR count). The number of ether oxygens (including phenoxy) is 2. The van der Waals surface area contributed by atoms with E-state index < -0.39 is 11.7 Å². The number of hydrogen-bond donors (Lipinski definition) is 1. The van der Waals surface area contributed by atoms with E-state index in [1.807, 2.05) is 55.5 Å². The van der Waals surface area contributed by atoms with Gasteiger partial charge in [-0.1, -0.05) is 18.2 Å². The number of carbonyl (C=O) groups excluding carboxylic acids is 2. The number of pyridine rings is 1. The van der Waals surface area contributed by atoms with Gasteiger partial charge in [0.1, 0.15) is 11.4 Å². The average molecular weight is 392 g/mol. The summed E-state index contributed by atoms with van der Waals surface area (Å²) in [7, 11) is 0. The van der Waals surface area contributed by atoms with E-state index >= 15 is 0 Å². The van der Waals surface area contributed by atoms with E-state index in [0.29, 0.717) is 25.5 Å². The van der Waals surface area contributed by atoms with Crippen LogP contribution in [-0.4, -0.2) is 42.0 Å². The second-order valence-corrected chi connectivity index (χ2v) is 7.03. The molecular formula is C23H24N2O4. The van der Waals surface area contributed by atoms with E-state index in [1.165, 1.54) is 0 Å². The van der Waals surface area contributed by atoms with Crippen LogP contribution in [0.15, 0.2) is 54.7 Å². The lowest BCUT2D eigenvalue weighted by Gasteiger charge is -2.11. The van der Waals surface area contributed by atoms with Crippen LogP contribution in [-0.2, 0) is 9.53 Å². The van der Waals surface area contributed by atoms with Gasteiger partial charge in [-0.05, 0) is 55.7 Å². The van der Waals surface area contributed by atoms with E-state index in [4.69, 9.17) is 9.47 Å². The number of Topliss-reactive ketones (excluding diaryl/α,β-unsaturated/α-hetero) is 1. The van der Waals surface area contributed by atoms with Crippen LogP contribution in [0.4, 0.5) is 0 Å². The third kappa shape index (κ3) is 4.03. The van der Waals surface area contributed by atoms with Crippen LogP contribution >= 0.6 is 0 Å². The lowest BCUT2D eigenvalue weighted by atomic mass is 10.0. The third-order valence-corrected chi connectivity index (χ3v) is 5.09. The van der Waals surface area contributed by atoms with Crippen molar-refractivity contribution in [2.45, 2.75) is 25.9 Å². The molecule has 6 heteroatoms. The molecule has 29 heavy (non-hydrogen) atoms. The minimum atomic E-state index is -0.614. The van der Waals surface area contributed by atoms with Gasteiger partial charge in [0.25, 0.3) is 11.7 Å². The number of ketones is 1. The van der Waals surface area contributed by atoms with E-state index in [2.05, 4.69) is 5.32 Å². The Bertz CT molecular complexity index is 1020. The second-order valence-electron chi connectivity index (χ2n) is 7.03. The molecule has 6 nitrogen and oxygen atoms in total. The number of aromatic nitrogens is 1. The summed E-state index contributed by atoms with van der Waals surface area (Å²) in [5.74, 6) is -0.406. The number of nitrogens with one attached hydrogen (secondary N) is 1. The van der Waals surface area contributed by atoms with Gasteiger partial charge < -0.3 is 19.2 Å². The molecule has 1 saturated heterocycles. The fourth-order valence-corrected chi connectivity index (χ4v) is 3.67. The highest BCUT2D eigenvalue weighted by Crippen LogP contribution is 2.29. The van der Waals surface area contributed by atoms with Crippen LogP contribution in [0, 0.1) is 0 Å². The van der Waals surface area contributed by atoms with Crippen molar-refractivity contribution in [3.05, 3.63) is 60.4 Å². The molecular weight excluding hydrogens is 368 g/mol. The standard InChI is InChI=1S/C23H24N2O4/c1-2-28-18-10-8-16(9-11-18)20-14-17-6-3-4-12-25(17)21(20)22(26)23(27)24-15-19-7-5-13-29-19/h3-4,6,8-12,14,19H,2,5,7,13,15H2,1H3,(H,24,27)/t19-/m0/s1. The molecule has 1 fully saturated rings. The van der Waals surface area contributed by atoms with Gasteiger partial charge in [0, 0.05) is 30.4 Å². The predicted octanol–water partition coefficient (Wildman–Crippen LogP) is 3.48. The number of benzene rings is 1. The predicted molar refractivity (Wildman–Crippen MR) is 110 cm³/mol. The molecule has 150 valence electrons. The van der Waals surface area contributed by atoms with Crippen LogP contribution in [0.25, 0.3) is 16.6 Å². The Kier molecular flexibility index (Phi) is 5.62. The van der Waals surface area contributed by atoms with Crippen LogP contribution in [0.3, 0.4) is 0 Å². The van der Waals surface area contributed by atoms with Crippen molar-refractivity contribution in [2.24, 2.45) is 0 Å². The van der Waals surface area contributed by atoms with Crippen molar-refractivity contribution < 1.29 is 19.1 Å². The molecule has 1 aliphatic rings. The zero-order valence-electron chi connectivity index (χ0n) is 16.4. The van der Waals surface area contributed by atoms with Crippen molar-refractivity contribution in [1.29, 1.82) is 0 Å². The zero-order valence-corrected chi connectivity index (χ0v) is 16.4. The molecule has 3 aromatic rings. The highest BCUT2D eigenvalue weighted by Gasteiger charge is 2.26. The number of carbonyl (C=O) groups is 2. The molecule has 1 aliphatic heterocycles. The number of amides is 1. The first-order chi connectivity index (χ1) is 14.2. The number of rotatable bonds is 7. The lowest BCUT2D eigenvalue weighted by molar-refractivity contribution is -0.117. The van der Waals surface area contributed by atoms with Crippen molar-refractivity contribution >= 4 is 17.2 Å². The largest absolute Gasteiger partial charge is 0.494 e. The summed E-state index contributed by atoms with van der Waals surface area (Å²) in [5.41, 5.74) is 2.78. The van der Waals surface area contributed by atoms with Gasteiger partial charge >= 0.3 is 0 Å². The monoisotopic (exact) mass is 392 g/mol. The van der Waals surface area contributed by atoms with Gasteiger partial charge in [0.15, 0.2) is 0 Å². The molecule has 1 N–H and O–H groups in total. The summed E-state index contributed by atoms with van der Waals surface area (Å²) in [4.78, 5) is 25.7. The Morgan fingerprint density at radius 3 is 2.76 bits per heavy atom. The van der Waals surface area contributed by atoms with E-state index in [0.717, 1.165) is 35.2 Å². The maximum atomic E-state index is 13.1. The van der Waals surface area contributed by atoms with Gasteiger partial charge in [-0.25, -0.2) is 0 Å². The van der Waals surface area contributed by atoms with Gasteiger partial charge in [0.2, 0.25) is 0 Å². The Morgan fingerprint density at radius 1 is 1.21 bits per heavy atom. The second kappa shape index (κ2) is 8.49. The molecule has 0 spiro atoms. The maximum Gasteiger partial charge on any atom is 0.294 e. The smallest absolute Gasteiger partial charge is 0.294 e. The normalized spacial score (nSPS) is 16.1. The first-order valence-corrected chi connectivity index (χ1v) is 9.95. The van der Waals surface area contributed by atoms with Crippen LogP contribution in [0.5, 0.6) is 5.75 Å². The molecule has 0 saturated carbocycles. The molecule has 1 amide bonds. The van der Waals surface area contributed by atoms with E-state index in [1.54, 1.807) is 10.6 Å². The van der Waals surface area contributed by atoms with Crippen molar-refractivity contribution in [3.8, 4) is 16.9 Å². The number of nitrogens with zero attached hydrogens (tertiary/aromatic N) is 1. The van der Waals surface area contributed by atoms with Crippen LogP contribution in [0.1, 0.15) is 30.3 Å². The SMILES string of the molecule is CCOc1ccc(-c2cc3ccccn3c2C(=O)C(=O)NC[C@@H]2CCCO2)cc1.